The van der Waals surface area contributed by atoms with Crippen molar-refractivity contribution in [3.63, 3.8) is 0 Å². The van der Waals surface area contributed by atoms with Crippen LogP contribution in [-0.4, -0.2) is 19.6 Å². The Bertz CT molecular complexity index is 673. The van der Waals surface area contributed by atoms with Crippen LogP contribution in [0.1, 0.15) is 43.2 Å². The lowest BCUT2D eigenvalue weighted by atomic mass is 9.78. The van der Waals surface area contributed by atoms with E-state index >= 15 is 0 Å². The molecule has 0 radical (unpaired) electrons. The lowest BCUT2D eigenvalue weighted by Gasteiger charge is -2.30. The van der Waals surface area contributed by atoms with Gasteiger partial charge in [0.25, 0.3) is 0 Å². The van der Waals surface area contributed by atoms with Gasteiger partial charge in [0, 0.05) is 18.4 Å². The van der Waals surface area contributed by atoms with Crippen LogP contribution in [0, 0.1) is 0 Å². The van der Waals surface area contributed by atoms with Gasteiger partial charge in [0.15, 0.2) is 0 Å². The van der Waals surface area contributed by atoms with Crippen molar-refractivity contribution in [1.82, 2.24) is 5.32 Å². The molecule has 25 heavy (non-hydrogen) atoms. The predicted molar refractivity (Wildman–Crippen MR) is 101 cm³/mol. The molecular formula is C22H27NO2. The normalized spacial score (nSPS) is 15.7. The number of methoxy groups -OCH3 is 1. The van der Waals surface area contributed by atoms with E-state index in [9.17, 15) is 4.79 Å². The molecule has 1 fully saturated rings. The molecule has 2 aromatic carbocycles. The first-order valence-electron chi connectivity index (χ1n) is 9.17. The number of amides is 1. The average Bonchev–Trinajstić information content (AvgIpc) is 3.16. The van der Waals surface area contributed by atoms with Crippen molar-refractivity contribution in [3.05, 3.63) is 65.7 Å². The smallest absolute Gasteiger partial charge is 0.220 e. The molecule has 0 unspecified atom stereocenters. The zero-order valence-electron chi connectivity index (χ0n) is 15.0. The molecule has 0 heterocycles. The standard InChI is InChI=1S/C22H27NO2/c1-25-20-12-10-19(11-13-20)22(15-5-6-16-22)17-23-21(24)14-9-18-7-3-2-4-8-18/h2-4,7-8,10-13H,5-6,9,14-17H2,1H3,(H,23,24). The molecule has 1 aliphatic carbocycles. The van der Waals surface area contributed by atoms with Crippen molar-refractivity contribution < 1.29 is 9.53 Å². The summed E-state index contributed by atoms with van der Waals surface area (Å²) in [6.45, 7) is 0.729. The molecule has 0 atom stereocenters. The molecule has 1 amide bonds. The van der Waals surface area contributed by atoms with E-state index in [0.717, 1.165) is 31.6 Å². The summed E-state index contributed by atoms with van der Waals surface area (Å²) in [5.74, 6) is 1.02. The molecule has 3 heteroatoms. The van der Waals surface area contributed by atoms with E-state index in [1.54, 1.807) is 7.11 Å². The van der Waals surface area contributed by atoms with Crippen LogP contribution in [0.3, 0.4) is 0 Å². The maximum Gasteiger partial charge on any atom is 0.220 e. The Labute approximate surface area is 150 Å². The first-order chi connectivity index (χ1) is 12.2. The number of aryl methyl sites for hydroxylation is 1. The van der Waals surface area contributed by atoms with Crippen LogP contribution >= 0.6 is 0 Å². The third-order valence-electron chi connectivity index (χ3n) is 5.37. The van der Waals surface area contributed by atoms with Gasteiger partial charge >= 0.3 is 0 Å². The molecule has 2 aromatic rings. The Morgan fingerprint density at radius 3 is 2.36 bits per heavy atom. The van der Waals surface area contributed by atoms with Crippen LogP contribution in [0.5, 0.6) is 5.75 Å². The quantitative estimate of drug-likeness (QED) is 0.820. The van der Waals surface area contributed by atoms with Crippen molar-refractivity contribution >= 4 is 5.91 Å². The monoisotopic (exact) mass is 337 g/mol. The molecule has 1 aliphatic rings. The molecule has 132 valence electrons. The van der Waals surface area contributed by atoms with E-state index in [4.69, 9.17) is 4.74 Å². The number of nitrogens with one attached hydrogen (secondary N) is 1. The highest BCUT2D eigenvalue weighted by Crippen LogP contribution is 2.41. The van der Waals surface area contributed by atoms with Gasteiger partial charge in [-0.25, -0.2) is 0 Å². The number of hydrogen-bond donors (Lipinski definition) is 1. The predicted octanol–water partition coefficient (Wildman–Crippen LogP) is 4.26. The van der Waals surface area contributed by atoms with Crippen molar-refractivity contribution in [2.24, 2.45) is 0 Å². The zero-order chi connectivity index (χ0) is 17.5. The lowest BCUT2D eigenvalue weighted by Crippen LogP contribution is -2.39. The van der Waals surface area contributed by atoms with Crippen LogP contribution in [-0.2, 0) is 16.6 Å². The van der Waals surface area contributed by atoms with Crippen LogP contribution in [0.4, 0.5) is 0 Å². The Morgan fingerprint density at radius 1 is 1.04 bits per heavy atom. The first-order valence-corrected chi connectivity index (χ1v) is 9.17. The number of benzene rings is 2. The fourth-order valence-electron chi connectivity index (χ4n) is 3.82. The van der Waals surface area contributed by atoms with Crippen LogP contribution < -0.4 is 10.1 Å². The number of carbonyl (C=O) groups is 1. The van der Waals surface area contributed by atoms with E-state index in [2.05, 4.69) is 29.6 Å². The van der Waals surface area contributed by atoms with E-state index in [1.807, 2.05) is 30.3 Å². The van der Waals surface area contributed by atoms with Crippen LogP contribution in [0.25, 0.3) is 0 Å². The van der Waals surface area contributed by atoms with Gasteiger partial charge < -0.3 is 10.1 Å². The molecule has 1 N–H and O–H groups in total. The van der Waals surface area contributed by atoms with Gasteiger partial charge in [0.05, 0.1) is 7.11 Å². The Balaban J connectivity index is 1.59. The molecule has 1 saturated carbocycles. The molecule has 3 rings (SSSR count). The summed E-state index contributed by atoms with van der Waals surface area (Å²) in [5.41, 5.74) is 2.60. The largest absolute Gasteiger partial charge is 0.497 e. The van der Waals surface area contributed by atoms with E-state index < -0.39 is 0 Å². The lowest BCUT2D eigenvalue weighted by molar-refractivity contribution is -0.121. The average molecular weight is 337 g/mol. The SMILES string of the molecule is COc1ccc(C2(CNC(=O)CCc3ccccc3)CCCC2)cc1. The highest BCUT2D eigenvalue weighted by molar-refractivity contribution is 5.76. The zero-order valence-corrected chi connectivity index (χ0v) is 15.0. The number of ether oxygens (including phenoxy) is 1. The first kappa shape index (κ1) is 17.5. The van der Waals surface area contributed by atoms with Gasteiger partial charge in [0.2, 0.25) is 5.91 Å². The highest BCUT2D eigenvalue weighted by Gasteiger charge is 2.35. The molecule has 3 nitrogen and oxygen atoms in total. The Hall–Kier alpha value is -2.29. The van der Waals surface area contributed by atoms with Gasteiger partial charge in [-0.05, 0) is 42.5 Å². The summed E-state index contributed by atoms with van der Waals surface area (Å²) in [6.07, 6.45) is 6.07. The molecule has 0 bridgehead atoms. The minimum Gasteiger partial charge on any atom is -0.497 e. The summed E-state index contributed by atoms with van der Waals surface area (Å²) < 4.78 is 5.27. The van der Waals surface area contributed by atoms with Crippen LogP contribution in [0.15, 0.2) is 54.6 Å². The van der Waals surface area contributed by atoms with Crippen molar-refractivity contribution in [1.29, 1.82) is 0 Å². The van der Waals surface area contributed by atoms with Gasteiger partial charge in [-0.2, -0.15) is 0 Å². The summed E-state index contributed by atoms with van der Waals surface area (Å²) >= 11 is 0. The van der Waals surface area contributed by atoms with Crippen molar-refractivity contribution in [2.45, 2.75) is 43.9 Å². The molecule has 0 spiro atoms. The van der Waals surface area contributed by atoms with Crippen molar-refractivity contribution in [2.75, 3.05) is 13.7 Å². The van der Waals surface area contributed by atoms with E-state index in [-0.39, 0.29) is 11.3 Å². The molecule has 0 aliphatic heterocycles. The topological polar surface area (TPSA) is 38.3 Å². The summed E-state index contributed by atoms with van der Waals surface area (Å²) in [4.78, 5) is 12.3. The fraction of sp³-hybridized carbons (Fsp3) is 0.409. The van der Waals surface area contributed by atoms with Gasteiger partial charge in [-0.15, -0.1) is 0 Å². The molecular weight excluding hydrogens is 310 g/mol. The number of hydrogen-bond acceptors (Lipinski definition) is 2. The fourth-order valence-corrected chi connectivity index (χ4v) is 3.82. The maximum atomic E-state index is 12.3. The van der Waals surface area contributed by atoms with E-state index in [1.165, 1.54) is 24.0 Å². The Kier molecular flexibility index (Phi) is 5.75. The van der Waals surface area contributed by atoms with Crippen LogP contribution in [0.2, 0.25) is 0 Å². The summed E-state index contributed by atoms with van der Waals surface area (Å²) in [7, 11) is 1.69. The minimum absolute atomic E-state index is 0.0781. The second-order valence-corrected chi connectivity index (χ2v) is 6.98. The van der Waals surface area contributed by atoms with E-state index in [0.29, 0.717) is 6.42 Å². The Morgan fingerprint density at radius 2 is 1.72 bits per heavy atom. The summed E-state index contributed by atoms with van der Waals surface area (Å²) in [6, 6.07) is 18.5. The third kappa shape index (κ3) is 4.41. The molecule has 0 saturated heterocycles. The second-order valence-electron chi connectivity index (χ2n) is 6.98. The van der Waals surface area contributed by atoms with Gasteiger partial charge in [-0.3, -0.25) is 4.79 Å². The maximum absolute atomic E-state index is 12.3. The number of rotatable bonds is 7. The van der Waals surface area contributed by atoms with Crippen molar-refractivity contribution in [3.8, 4) is 5.75 Å². The van der Waals surface area contributed by atoms with Gasteiger partial charge in [-0.1, -0.05) is 55.3 Å². The number of carbonyl (C=O) groups excluding carboxylic acids is 1. The molecule has 0 aromatic heterocycles. The van der Waals surface area contributed by atoms with Gasteiger partial charge in [0.1, 0.15) is 5.75 Å². The third-order valence-corrected chi connectivity index (χ3v) is 5.37. The minimum atomic E-state index is 0.0781. The summed E-state index contributed by atoms with van der Waals surface area (Å²) in [5, 5.41) is 3.19. The second kappa shape index (κ2) is 8.19. The highest BCUT2D eigenvalue weighted by atomic mass is 16.5.